The van der Waals surface area contributed by atoms with Crippen molar-refractivity contribution in [2.45, 2.75) is 4.90 Å². The van der Waals surface area contributed by atoms with Gasteiger partial charge in [-0.05, 0) is 12.1 Å². The summed E-state index contributed by atoms with van der Waals surface area (Å²) < 4.78 is 23.4. The molecular formula is C14H13FN2O3S. The molecule has 5 nitrogen and oxygen atoms in total. The number of rotatable bonds is 6. The molecule has 0 radical (unpaired) electrons. The molecule has 0 aliphatic rings. The van der Waals surface area contributed by atoms with Gasteiger partial charge in [0.1, 0.15) is 5.82 Å². The topological polar surface area (TPSA) is 61.3 Å². The lowest BCUT2D eigenvalue weighted by Gasteiger charge is -2.07. The maximum atomic E-state index is 13.5. The van der Waals surface area contributed by atoms with Crippen molar-refractivity contribution in [2.24, 2.45) is 0 Å². The summed E-state index contributed by atoms with van der Waals surface area (Å²) >= 11 is 1.10. The predicted molar refractivity (Wildman–Crippen MR) is 76.6 cm³/mol. The van der Waals surface area contributed by atoms with Crippen LogP contribution in [0, 0.1) is 5.82 Å². The fraction of sp³-hybridized carbons (Fsp3) is 0.214. The first-order valence-electron chi connectivity index (χ1n) is 6.01. The normalized spacial score (nSPS) is 10.2. The van der Waals surface area contributed by atoms with Crippen LogP contribution < -0.4 is 9.47 Å². The molecule has 0 unspecified atom stereocenters. The average molecular weight is 308 g/mol. The van der Waals surface area contributed by atoms with Crippen LogP contribution in [0.2, 0.25) is 0 Å². The summed E-state index contributed by atoms with van der Waals surface area (Å²) in [5.41, 5.74) is 0.0992. The first kappa shape index (κ1) is 15.2. The number of hydrogen-bond acceptors (Lipinski definition) is 6. The van der Waals surface area contributed by atoms with E-state index in [-0.39, 0.29) is 34.8 Å². The van der Waals surface area contributed by atoms with Gasteiger partial charge in [0.15, 0.2) is 11.5 Å². The molecule has 0 aliphatic carbocycles. The highest BCUT2D eigenvalue weighted by Gasteiger charge is 2.17. The van der Waals surface area contributed by atoms with Crippen molar-refractivity contribution in [3.63, 3.8) is 0 Å². The molecule has 0 N–H and O–H groups in total. The van der Waals surface area contributed by atoms with Crippen molar-refractivity contribution < 1.29 is 18.7 Å². The molecule has 21 heavy (non-hydrogen) atoms. The molecule has 7 heteroatoms. The lowest BCUT2D eigenvalue weighted by atomic mass is 10.3. The van der Waals surface area contributed by atoms with Gasteiger partial charge in [0.05, 0.1) is 26.2 Å². The zero-order valence-electron chi connectivity index (χ0n) is 11.5. The van der Waals surface area contributed by atoms with Crippen molar-refractivity contribution in [1.82, 2.24) is 9.97 Å². The number of carbonyl (C=O) groups excluding carboxylic acids is 1. The van der Waals surface area contributed by atoms with Gasteiger partial charge in [0.25, 0.3) is 0 Å². The third-order valence-corrected chi connectivity index (χ3v) is 3.63. The van der Waals surface area contributed by atoms with Gasteiger partial charge < -0.3 is 9.47 Å². The maximum absolute atomic E-state index is 13.5. The van der Waals surface area contributed by atoms with Crippen LogP contribution in [0.1, 0.15) is 10.5 Å². The summed E-state index contributed by atoms with van der Waals surface area (Å²) in [5.74, 6) is -0.268. The van der Waals surface area contributed by atoms with E-state index in [1.54, 1.807) is 18.2 Å². The molecule has 110 valence electrons. The van der Waals surface area contributed by atoms with E-state index in [0.717, 1.165) is 11.8 Å². The van der Waals surface area contributed by atoms with E-state index in [1.807, 2.05) is 0 Å². The standard InChI is InChI=1S/C14H13FN2O3S/c1-19-12-7-16-13(14(17-12)20-2)10(18)8-21-11-6-4-3-5-9(11)15/h3-7H,8H2,1-2H3. The first-order chi connectivity index (χ1) is 10.2. The van der Waals surface area contributed by atoms with E-state index in [1.165, 1.54) is 26.5 Å². The monoisotopic (exact) mass is 308 g/mol. The van der Waals surface area contributed by atoms with Gasteiger partial charge in [-0.2, -0.15) is 4.98 Å². The molecule has 1 aromatic heterocycles. The Morgan fingerprint density at radius 3 is 2.71 bits per heavy atom. The van der Waals surface area contributed by atoms with Crippen molar-refractivity contribution in [3.05, 3.63) is 42.0 Å². The van der Waals surface area contributed by atoms with E-state index in [4.69, 9.17) is 9.47 Å². The second kappa shape index (κ2) is 7.03. The average Bonchev–Trinajstić information content (AvgIpc) is 2.53. The molecule has 0 bridgehead atoms. The van der Waals surface area contributed by atoms with E-state index >= 15 is 0 Å². The van der Waals surface area contributed by atoms with E-state index in [2.05, 4.69) is 9.97 Å². The predicted octanol–water partition coefficient (Wildman–Crippen LogP) is 2.61. The smallest absolute Gasteiger partial charge is 0.246 e. The second-order valence-corrected chi connectivity index (χ2v) is 4.93. The summed E-state index contributed by atoms with van der Waals surface area (Å²) in [5, 5.41) is 0. The van der Waals surface area contributed by atoms with E-state index in [9.17, 15) is 9.18 Å². The van der Waals surface area contributed by atoms with Crippen LogP contribution in [0.15, 0.2) is 35.4 Å². The maximum Gasteiger partial charge on any atom is 0.246 e. The van der Waals surface area contributed by atoms with Crippen molar-refractivity contribution >= 4 is 17.5 Å². The Morgan fingerprint density at radius 1 is 1.29 bits per heavy atom. The van der Waals surface area contributed by atoms with Gasteiger partial charge in [0.2, 0.25) is 11.8 Å². The van der Waals surface area contributed by atoms with Gasteiger partial charge in [0, 0.05) is 4.90 Å². The SMILES string of the molecule is COc1cnc(C(=O)CSc2ccccc2F)c(OC)n1. The second-order valence-electron chi connectivity index (χ2n) is 3.91. The highest BCUT2D eigenvalue weighted by atomic mass is 32.2. The van der Waals surface area contributed by atoms with Crippen LogP contribution >= 0.6 is 11.8 Å². The largest absolute Gasteiger partial charge is 0.480 e. The zero-order valence-corrected chi connectivity index (χ0v) is 12.3. The van der Waals surface area contributed by atoms with Crippen molar-refractivity contribution in [3.8, 4) is 11.8 Å². The molecule has 0 saturated carbocycles. The van der Waals surface area contributed by atoms with Gasteiger partial charge in [-0.15, -0.1) is 11.8 Å². The summed E-state index contributed by atoms with van der Waals surface area (Å²) in [4.78, 5) is 20.5. The van der Waals surface area contributed by atoms with Crippen LogP contribution in [-0.2, 0) is 0 Å². The summed E-state index contributed by atoms with van der Waals surface area (Å²) in [7, 11) is 2.84. The minimum Gasteiger partial charge on any atom is -0.480 e. The van der Waals surface area contributed by atoms with Gasteiger partial charge >= 0.3 is 0 Å². The molecule has 2 rings (SSSR count). The zero-order chi connectivity index (χ0) is 15.2. The molecule has 1 heterocycles. The van der Waals surface area contributed by atoms with Crippen molar-refractivity contribution in [2.75, 3.05) is 20.0 Å². The minimum absolute atomic E-state index is 0.0400. The van der Waals surface area contributed by atoms with Gasteiger partial charge in [-0.25, -0.2) is 9.37 Å². The third kappa shape index (κ3) is 3.69. The molecule has 0 amide bonds. The molecule has 0 aliphatic heterocycles. The number of Topliss-reactive ketones (excluding diaryl/α,β-unsaturated/α-hetero) is 1. The van der Waals surface area contributed by atoms with Crippen LogP contribution in [0.25, 0.3) is 0 Å². The van der Waals surface area contributed by atoms with Crippen LogP contribution in [0.3, 0.4) is 0 Å². The Morgan fingerprint density at radius 2 is 2.05 bits per heavy atom. The summed E-state index contributed by atoms with van der Waals surface area (Å²) in [6, 6.07) is 6.27. The number of methoxy groups -OCH3 is 2. The number of hydrogen-bond donors (Lipinski definition) is 0. The Labute approximate surface area is 125 Å². The summed E-state index contributed by atoms with van der Waals surface area (Å²) in [6.07, 6.45) is 1.34. The molecule has 0 atom stereocenters. The minimum atomic E-state index is -0.358. The Kier molecular flexibility index (Phi) is 5.10. The Balaban J connectivity index is 2.12. The Bertz CT molecular complexity index is 652. The molecule has 0 spiro atoms. The lowest BCUT2D eigenvalue weighted by molar-refractivity contribution is 0.101. The fourth-order valence-electron chi connectivity index (χ4n) is 1.56. The highest BCUT2D eigenvalue weighted by Crippen LogP contribution is 2.24. The van der Waals surface area contributed by atoms with Crippen LogP contribution in [0.4, 0.5) is 4.39 Å². The van der Waals surface area contributed by atoms with Crippen LogP contribution in [0.5, 0.6) is 11.8 Å². The number of benzene rings is 1. The first-order valence-corrected chi connectivity index (χ1v) is 6.99. The molecule has 1 aromatic carbocycles. The third-order valence-electron chi connectivity index (χ3n) is 2.58. The number of ketones is 1. The number of nitrogens with zero attached hydrogens (tertiary/aromatic N) is 2. The quantitative estimate of drug-likeness (QED) is 0.604. The van der Waals surface area contributed by atoms with E-state index in [0.29, 0.717) is 4.90 Å². The molecule has 2 aromatic rings. The fourth-order valence-corrected chi connectivity index (χ4v) is 2.37. The molecular weight excluding hydrogens is 295 g/mol. The van der Waals surface area contributed by atoms with Gasteiger partial charge in [-0.1, -0.05) is 12.1 Å². The van der Waals surface area contributed by atoms with E-state index < -0.39 is 0 Å². The number of aromatic nitrogens is 2. The molecule has 0 saturated heterocycles. The molecule has 0 fully saturated rings. The lowest BCUT2D eigenvalue weighted by Crippen LogP contribution is -2.09. The number of halogens is 1. The van der Waals surface area contributed by atoms with Crippen molar-refractivity contribution in [1.29, 1.82) is 0 Å². The Hall–Kier alpha value is -2.15. The summed E-state index contributed by atoms with van der Waals surface area (Å²) in [6.45, 7) is 0. The number of thioether (sulfide) groups is 1. The number of carbonyl (C=O) groups is 1. The van der Waals surface area contributed by atoms with Gasteiger partial charge in [-0.3, -0.25) is 4.79 Å². The highest BCUT2D eigenvalue weighted by molar-refractivity contribution is 8.00. The van der Waals surface area contributed by atoms with Crippen LogP contribution in [-0.4, -0.2) is 35.7 Å². The number of ether oxygens (including phenoxy) is 2.